The van der Waals surface area contributed by atoms with Gasteiger partial charge in [0.15, 0.2) is 0 Å². The van der Waals surface area contributed by atoms with Crippen molar-refractivity contribution in [3.05, 3.63) is 16.6 Å². The summed E-state index contributed by atoms with van der Waals surface area (Å²) in [7, 11) is 0. The Morgan fingerprint density at radius 1 is 1.73 bits per heavy atom. The molecule has 11 heavy (non-hydrogen) atoms. The molecular weight excluding hydrogens is 160 g/mol. The number of carbonyl (C=O) groups excluding carboxylic acids is 1. The molecule has 0 aliphatic carbocycles. The highest BCUT2D eigenvalue weighted by Gasteiger charge is 2.24. The van der Waals surface area contributed by atoms with E-state index in [9.17, 15) is 4.79 Å². The van der Waals surface area contributed by atoms with Crippen LogP contribution in [0.5, 0.6) is 0 Å². The van der Waals surface area contributed by atoms with Gasteiger partial charge in [0.2, 0.25) is 5.91 Å². The molecule has 1 amide bonds. The van der Waals surface area contributed by atoms with E-state index in [-0.39, 0.29) is 5.91 Å². The van der Waals surface area contributed by atoms with E-state index in [1.165, 1.54) is 0 Å². The Morgan fingerprint density at radius 3 is 3.18 bits per heavy atom. The van der Waals surface area contributed by atoms with E-state index >= 15 is 0 Å². The van der Waals surface area contributed by atoms with Gasteiger partial charge in [-0.2, -0.15) is 0 Å². The van der Waals surface area contributed by atoms with Crippen LogP contribution in [0.25, 0.3) is 0 Å². The van der Waals surface area contributed by atoms with Crippen LogP contribution in [0.2, 0.25) is 0 Å². The van der Waals surface area contributed by atoms with Gasteiger partial charge < -0.3 is 5.32 Å². The number of aromatic nitrogens is 1. The van der Waals surface area contributed by atoms with Crippen LogP contribution >= 0.6 is 11.3 Å². The van der Waals surface area contributed by atoms with Crippen LogP contribution in [-0.2, 0) is 4.79 Å². The maximum absolute atomic E-state index is 10.8. The topological polar surface area (TPSA) is 42.0 Å². The van der Waals surface area contributed by atoms with E-state index in [1.54, 1.807) is 17.5 Å². The first-order chi connectivity index (χ1) is 5.36. The second-order valence-electron chi connectivity index (χ2n) is 2.58. The molecule has 1 fully saturated rings. The highest BCUT2D eigenvalue weighted by Crippen LogP contribution is 2.24. The molecule has 0 aromatic carbocycles. The molecule has 1 atom stereocenters. The van der Waals surface area contributed by atoms with Gasteiger partial charge in [0, 0.05) is 30.5 Å². The minimum absolute atomic E-state index is 0.144. The Kier molecular flexibility index (Phi) is 1.62. The second-order valence-corrected chi connectivity index (χ2v) is 3.50. The Morgan fingerprint density at radius 2 is 2.64 bits per heavy atom. The predicted molar refractivity (Wildman–Crippen MR) is 42.5 cm³/mol. The summed E-state index contributed by atoms with van der Waals surface area (Å²) in [5.41, 5.74) is 0. The lowest BCUT2D eigenvalue weighted by Crippen LogP contribution is -2.13. The summed E-state index contributed by atoms with van der Waals surface area (Å²) in [5.74, 6) is 0.465. The molecule has 4 heteroatoms. The Bertz CT molecular complexity index is 257. The third-order valence-electron chi connectivity index (χ3n) is 1.78. The van der Waals surface area contributed by atoms with Gasteiger partial charge in [-0.25, -0.2) is 4.98 Å². The first kappa shape index (κ1) is 6.79. The minimum Gasteiger partial charge on any atom is -0.355 e. The normalized spacial score (nSPS) is 23.6. The van der Waals surface area contributed by atoms with Crippen LogP contribution in [0.15, 0.2) is 11.6 Å². The molecule has 0 spiro atoms. The molecule has 3 nitrogen and oxygen atoms in total. The van der Waals surface area contributed by atoms with Crippen molar-refractivity contribution in [2.45, 2.75) is 12.3 Å². The highest BCUT2D eigenvalue weighted by atomic mass is 32.1. The first-order valence-electron chi connectivity index (χ1n) is 3.52. The summed E-state index contributed by atoms with van der Waals surface area (Å²) in [5, 5.41) is 5.80. The van der Waals surface area contributed by atoms with E-state index in [4.69, 9.17) is 0 Å². The fourth-order valence-corrected chi connectivity index (χ4v) is 1.96. The van der Waals surface area contributed by atoms with Crippen LogP contribution in [0.3, 0.4) is 0 Å². The fraction of sp³-hybridized carbons (Fsp3) is 0.429. The number of hydrogen-bond donors (Lipinski definition) is 1. The van der Waals surface area contributed by atoms with E-state index in [1.807, 2.05) is 5.38 Å². The SMILES string of the molecule is O=C1CC(c2nccs2)CN1. The van der Waals surface area contributed by atoms with Crippen LogP contribution in [0, 0.1) is 0 Å². The summed E-state index contributed by atoms with van der Waals surface area (Å²) >= 11 is 1.62. The molecule has 1 aromatic heterocycles. The van der Waals surface area contributed by atoms with Crippen molar-refractivity contribution in [3.8, 4) is 0 Å². The second kappa shape index (κ2) is 2.62. The first-order valence-corrected chi connectivity index (χ1v) is 4.40. The van der Waals surface area contributed by atoms with Crippen molar-refractivity contribution in [3.63, 3.8) is 0 Å². The van der Waals surface area contributed by atoms with Crippen molar-refractivity contribution >= 4 is 17.2 Å². The molecule has 58 valence electrons. The largest absolute Gasteiger partial charge is 0.355 e. The quantitative estimate of drug-likeness (QED) is 0.672. The number of nitrogens with one attached hydrogen (secondary N) is 1. The molecule has 0 bridgehead atoms. The number of rotatable bonds is 1. The smallest absolute Gasteiger partial charge is 0.220 e. The van der Waals surface area contributed by atoms with Gasteiger partial charge in [-0.3, -0.25) is 4.79 Å². The summed E-state index contributed by atoms with van der Waals surface area (Å²) in [4.78, 5) is 15.0. The summed E-state index contributed by atoms with van der Waals surface area (Å²) < 4.78 is 0. The lowest BCUT2D eigenvalue weighted by atomic mass is 10.1. The average Bonchev–Trinajstić information content (AvgIpc) is 2.55. The Hall–Kier alpha value is -0.900. The molecule has 1 aromatic rings. The minimum atomic E-state index is 0.144. The van der Waals surface area contributed by atoms with Crippen molar-refractivity contribution in [1.82, 2.24) is 10.3 Å². The van der Waals surface area contributed by atoms with Crippen molar-refractivity contribution in [1.29, 1.82) is 0 Å². The molecule has 2 rings (SSSR count). The molecule has 1 aliphatic rings. The van der Waals surface area contributed by atoms with E-state index < -0.39 is 0 Å². The molecular formula is C7H8N2OS. The van der Waals surface area contributed by atoms with Gasteiger partial charge in [0.1, 0.15) is 0 Å². The Labute approximate surface area is 68.5 Å². The number of hydrogen-bond acceptors (Lipinski definition) is 3. The third-order valence-corrected chi connectivity index (χ3v) is 2.72. The highest BCUT2D eigenvalue weighted by molar-refractivity contribution is 7.09. The molecule has 1 unspecified atom stereocenters. The van der Waals surface area contributed by atoms with E-state index in [0.29, 0.717) is 12.3 Å². The monoisotopic (exact) mass is 168 g/mol. The lowest BCUT2D eigenvalue weighted by Gasteiger charge is -1.99. The third kappa shape index (κ3) is 1.26. The fourth-order valence-electron chi connectivity index (χ4n) is 1.22. The molecule has 1 saturated heterocycles. The number of carbonyl (C=O) groups is 1. The predicted octanol–water partition coefficient (Wildman–Crippen LogP) is 0.747. The van der Waals surface area contributed by atoms with E-state index in [0.717, 1.165) is 11.6 Å². The average molecular weight is 168 g/mol. The van der Waals surface area contributed by atoms with Crippen molar-refractivity contribution in [2.75, 3.05) is 6.54 Å². The Balaban J connectivity index is 2.13. The molecule has 0 saturated carbocycles. The van der Waals surface area contributed by atoms with Crippen LogP contribution in [0.4, 0.5) is 0 Å². The van der Waals surface area contributed by atoms with Crippen molar-refractivity contribution in [2.24, 2.45) is 0 Å². The number of thiazole rings is 1. The zero-order valence-electron chi connectivity index (χ0n) is 5.91. The van der Waals surface area contributed by atoms with Crippen LogP contribution in [0.1, 0.15) is 17.3 Å². The van der Waals surface area contributed by atoms with Gasteiger partial charge in [-0.1, -0.05) is 0 Å². The van der Waals surface area contributed by atoms with Crippen LogP contribution in [-0.4, -0.2) is 17.4 Å². The summed E-state index contributed by atoms with van der Waals surface area (Å²) in [6.45, 7) is 0.756. The molecule has 1 N–H and O–H groups in total. The van der Waals surface area contributed by atoms with Crippen molar-refractivity contribution < 1.29 is 4.79 Å². The summed E-state index contributed by atoms with van der Waals surface area (Å²) in [6.07, 6.45) is 2.39. The lowest BCUT2D eigenvalue weighted by molar-refractivity contribution is -0.119. The number of nitrogens with zero attached hydrogens (tertiary/aromatic N) is 1. The van der Waals surface area contributed by atoms with Gasteiger partial charge in [0.25, 0.3) is 0 Å². The van der Waals surface area contributed by atoms with Gasteiger partial charge in [0.05, 0.1) is 5.01 Å². The zero-order chi connectivity index (χ0) is 7.68. The molecule has 0 radical (unpaired) electrons. The zero-order valence-corrected chi connectivity index (χ0v) is 6.73. The van der Waals surface area contributed by atoms with Gasteiger partial charge in [-0.15, -0.1) is 11.3 Å². The molecule has 1 aliphatic heterocycles. The maximum atomic E-state index is 10.8. The van der Waals surface area contributed by atoms with Gasteiger partial charge >= 0.3 is 0 Å². The number of amides is 1. The van der Waals surface area contributed by atoms with Gasteiger partial charge in [-0.05, 0) is 0 Å². The maximum Gasteiger partial charge on any atom is 0.220 e. The standard InChI is InChI=1S/C7H8N2OS/c10-6-3-5(4-9-6)7-8-1-2-11-7/h1-2,5H,3-4H2,(H,9,10). The van der Waals surface area contributed by atoms with E-state index in [2.05, 4.69) is 10.3 Å². The summed E-state index contributed by atoms with van der Waals surface area (Å²) in [6, 6.07) is 0. The molecule has 2 heterocycles. The van der Waals surface area contributed by atoms with Crippen LogP contribution < -0.4 is 5.32 Å².